The van der Waals surface area contributed by atoms with Crippen LogP contribution >= 0.6 is 0 Å². The fourth-order valence-corrected chi connectivity index (χ4v) is 1.94. The van der Waals surface area contributed by atoms with E-state index in [9.17, 15) is 9.90 Å². The number of amides is 1. The Hall–Kier alpha value is -1.66. The van der Waals surface area contributed by atoms with Crippen molar-refractivity contribution in [3.63, 3.8) is 0 Å². The third-order valence-corrected chi connectivity index (χ3v) is 3.45. The molecular formula is C15H25N3O3. The van der Waals surface area contributed by atoms with Crippen LogP contribution in [0, 0.1) is 13.8 Å². The molecule has 1 aromatic heterocycles. The molecule has 0 aromatic carbocycles. The average molecular weight is 295 g/mol. The largest absolute Gasteiger partial charge is 0.388 e. The van der Waals surface area contributed by atoms with Crippen molar-refractivity contribution in [2.24, 2.45) is 7.05 Å². The van der Waals surface area contributed by atoms with E-state index in [1.54, 1.807) is 24.8 Å². The summed E-state index contributed by atoms with van der Waals surface area (Å²) in [4.78, 5) is 11.8. The van der Waals surface area contributed by atoms with E-state index in [4.69, 9.17) is 4.74 Å². The van der Waals surface area contributed by atoms with E-state index in [-0.39, 0.29) is 12.5 Å². The van der Waals surface area contributed by atoms with Gasteiger partial charge < -0.3 is 15.2 Å². The number of aryl methyl sites for hydroxylation is 2. The number of methoxy groups -OCH3 is 1. The van der Waals surface area contributed by atoms with Crippen molar-refractivity contribution in [2.45, 2.75) is 32.8 Å². The van der Waals surface area contributed by atoms with Crippen LogP contribution in [-0.4, -0.2) is 46.7 Å². The lowest BCUT2D eigenvalue weighted by molar-refractivity contribution is -0.117. The van der Waals surface area contributed by atoms with Crippen LogP contribution in [-0.2, 0) is 16.6 Å². The molecule has 6 heteroatoms. The summed E-state index contributed by atoms with van der Waals surface area (Å²) < 4.78 is 6.70. The fourth-order valence-electron chi connectivity index (χ4n) is 1.94. The normalized spacial score (nSPS) is 14.4. The van der Waals surface area contributed by atoms with Gasteiger partial charge in [-0.2, -0.15) is 5.10 Å². The molecule has 0 fully saturated rings. The molecule has 0 aliphatic heterocycles. The molecule has 0 aliphatic carbocycles. The third kappa shape index (κ3) is 5.32. The first kappa shape index (κ1) is 17.4. The predicted octanol–water partition coefficient (Wildman–Crippen LogP) is 0.954. The molecule has 118 valence electrons. The lowest BCUT2D eigenvalue weighted by Gasteiger charge is -2.22. The average Bonchev–Trinajstić information content (AvgIpc) is 2.66. The Morgan fingerprint density at radius 1 is 1.52 bits per heavy atom. The molecular weight excluding hydrogens is 270 g/mol. The molecule has 6 nitrogen and oxygen atoms in total. The maximum Gasteiger partial charge on any atom is 0.244 e. The first-order valence-electron chi connectivity index (χ1n) is 6.94. The number of aromatic nitrogens is 2. The van der Waals surface area contributed by atoms with Crippen molar-refractivity contribution in [1.82, 2.24) is 15.1 Å². The van der Waals surface area contributed by atoms with E-state index >= 15 is 0 Å². The van der Waals surface area contributed by atoms with E-state index in [1.807, 2.05) is 20.9 Å². The summed E-state index contributed by atoms with van der Waals surface area (Å²) >= 11 is 0. The topological polar surface area (TPSA) is 76.4 Å². The van der Waals surface area contributed by atoms with Crippen molar-refractivity contribution in [3.8, 4) is 0 Å². The summed E-state index contributed by atoms with van der Waals surface area (Å²) in [6, 6.07) is 0. The Morgan fingerprint density at radius 3 is 2.71 bits per heavy atom. The van der Waals surface area contributed by atoms with Gasteiger partial charge in [0, 0.05) is 51.1 Å². The van der Waals surface area contributed by atoms with Gasteiger partial charge in [0.15, 0.2) is 0 Å². The van der Waals surface area contributed by atoms with Crippen LogP contribution in [0.5, 0.6) is 0 Å². The first-order valence-corrected chi connectivity index (χ1v) is 6.94. The number of carbonyl (C=O) groups is 1. The van der Waals surface area contributed by atoms with Crippen molar-refractivity contribution in [2.75, 3.05) is 20.3 Å². The monoisotopic (exact) mass is 295 g/mol. The molecule has 1 rings (SSSR count). The SMILES string of the molecule is COCCC(C)(O)CNC(=O)/C=C/c1c(C)nn(C)c1C. The second-order valence-corrected chi connectivity index (χ2v) is 5.50. The number of nitrogens with one attached hydrogen (secondary N) is 1. The van der Waals surface area contributed by atoms with Gasteiger partial charge in [-0.05, 0) is 26.8 Å². The standard InChI is InChI=1S/C15H25N3O3/c1-11-13(12(2)18(4)17-11)6-7-14(19)16-10-15(3,20)8-9-21-5/h6-7,20H,8-10H2,1-5H3,(H,16,19)/b7-6+. The molecule has 1 heterocycles. The summed E-state index contributed by atoms with van der Waals surface area (Å²) in [7, 11) is 3.45. The molecule has 2 N–H and O–H groups in total. The maximum atomic E-state index is 11.8. The molecule has 0 bridgehead atoms. The van der Waals surface area contributed by atoms with Crippen molar-refractivity contribution >= 4 is 12.0 Å². The molecule has 0 radical (unpaired) electrons. The van der Waals surface area contributed by atoms with E-state index < -0.39 is 5.60 Å². The van der Waals surface area contributed by atoms with Gasteiger partial charge in [-0.25, -0.2) is 0 Å². The van der Waals surface area contributed by atoms with Gasteiger partial charge in [0.05, 0.1) is 11.3 Å². The van der Waals surface area contributed by atoms with Crippen LogP contribution < -0.4 is 5.32 Å². The molecule has 1 unspecified atom stereocenters. The minimum absolute atomic E-state index is 0.185. The zero-order chi connectivity index (χ0) is 16.0. The van der Waals surface area contributed by atoms with Crippen LogP contribution in [0.1, 0.15) is 30.3 Å². The molecule has 0 saturated carbocycles. The molecule has 1 atom stereocenters. The number of nitrogens with zero attached hydrogens (tertiary/aromatic N) is 2. The Bertz CT molecular complexity index is 518. The minimum atomic E-state index is -0.973. The molecule has 0 saturated heterocycles. The first-order chi connectivity index (χ1) is 9.76. The van der Waals surface area contributed by atoms with Gasteiger partial charge in [0.25, 0.3) is 0 Å². The number of hydrogen-bond acceptors (Lipinski definition) is 4. The fraction of sp³-hybridized carbons (Fsp3) is 0.600. The van der Waals surface area contributed by atoms with Crippen molar-refractivity contribution < 1.29 is 14.6 Å². The van der Waals surface area contributed by atoms with Gasteiger partial charge >= 0.3 is 0 Å². The van der Waals surface area contributed by atoms with E-state index in [1.165, 1.54) is 6.08 Å². The summed E-state index contributed by atoms with van der Waals surface area (Å²) in [5.41, 5.74) is 1.85. The van der Waals surface area contributed by atoms with Crippen molar-refractivity contribution in [1.29, 1.82) is 0 Å². The Labute approximate surface area is 125 Å². The second-order valence-electron chi connectivity index (χ2n) is 5.50. The summed E-state index contributed by atoms with van der Waals surface area (Å²) in [6.45, 7) is 6.16. The van der Waals surface area contributed by atoms with Crippen LogP contribution in [0.2, 0.25) is 0 Å². The number of rotatable bonds is 7. The zero-order valence-electron chi connectivity index (χ0n) is 13.4. The lowest BCUT2D eigenvalue weighted by atomic mass is 10.0. The maximum absolute atomic E-state index is 11.8. The number of hydrogen-bond donors (Lipinski definition) is 2. The Kier molecular flexibility index (Phi) is 6.11. The number of aliphatic hydroxyl groups is 1. The highest BCUT2D eigenvalue weighted by Crippen LogP contribution is 2.13. The van der Waals surface area contributed by atoms with Gasteiger partial charge in [0.1, 0.15) is 0 Å². The highest BCUT2D eigenvalue weighted by atomic mass is 16.5. The highest BCUT2D eigenvalue weighted by Gasteiger charge is 2.20. The minimum Gasteiger partial charge on any atom is -0.388 e. The smallest absolute Gasteiger partial charge is 0.244 e. The molecule has 0 spiro atoms. The predicted molar refractivity (Wildman–Crippen MR) is 81.8 cm³/mol. The zero-order valence-corrected chi connectivity index (χ0v) is 13.4. The highest BCUT2D eigenvalue weighted by molar-refractivity contribution is 5.92. The molecule has 1 aromatic rings. The van der Waals surface area contributed by atoms with Crippen LogP contribution in [0.4, 0.5) is 0 Å². The van der Waals surface area contributed by atoms with Crippen molar-refractivity contribution in [3.05, 3.63) is 23.0 Å². The molecule has 21 heavy (non-hydrogen) atoms. The van der Waals surface area contributed by atoms with Gasteiger partial charge in [0.2, 0.25) is 5.91 Å². The number of carbonyl (C=O) groups excluding carboxylic acids is 1. The van der Waals surface area contributed by atoms with Crippen LogP contribution in [0.25, 0.3) is 6.08 Å². The molecule has 1 amide bonds. The van der Waals surface area contributed by atoms with Gasteiger partial charge in [-0.15, -0.1) is 0 Å². The van der Waals surface area contributed by atoms with Gasteiger partial charge in [-0.1, -0.05) is 0 Å². The third-order valence-electron chi connectivity index (χ3n) is 3.45. The molecule has 0 aliphatic rings. The van der Waals surface area contributed by atoms with Gasteiger partial charge in [-0.3, -0.25) is 9.48 Å². The lowest BCUT2D eigenvalue weighted by Crippen LogP contribution is -2.40. The Balaban J connectivity index is 2.56. The van der Waals surface area contributed by atoms with E-state index in [2.05, 4.69) is 10.4 Å². The summed E-state index contributed by atoms with van der Waals surface area (Å²) in [6.07, 6.45) is 3.68. The number of ether oxygens (including phenoxy) is 1. The van der Waals surface area contributed by atoms with Crippen LogP contribution in [0.15, 0.2) is 6.08 Å². The summed E-state index contributed by atoms with van der Waals surface area (Å²) in [5, 5.41) is 17.0. The summed E-state index contributed by atoms with van der Waals surface area (Å²) in [5.74, 6) is -0.240. The Morgan fingerprint density at radius 2 is 2.19 bits per heavy atom. The van der Waals surface area contributed by atoms with E-state index in [0.717, 1.165) is 17.0 Å². The second kappa shape index (κ2) is 7.38. The van der Waals surface area contributed by atoms with E-state index in [0.29, 0.717) is 13.0 Å². The quantitative estimate of drug-likeness (QED) is 0.734. The van der Waals surface area contributed by atoms with Crippen LogP contribution in [0.3, 0.4) is 0 Å².